The van der Waals surface area contributed by atoms with Gasteiger partial charge in [0.2, 0.25) is 0 Å². The lowest BCUT2D eigenvalue weighted by Gasteiger charge is -2.37. The molecule has 0 aromatic carbocycles. The van der Waals surface area contributed by atoms with Gasteiger partial charge in [-0.15, -0.1) is 0 Å². The van der Waals surface area contributed by atoms with E-state index in [0.29, 0.717) is 11.8 Å². The van der Waals surface area contributed by atoms with Gasteiger partial charge in [0.05, 0.1) is 11.2 Å². The molecule has 2 heteroatoms. The maximum absolute atomic E-state index is 6.05. The zero-order valence-corrected chi connectivity index (χ0v) is 13.0. The van der Waals surface area contributed by atoms with Gasteiger partial charge in [-0.1, -0.05) is 27.2 Å². The molecule has 0 rings (SSSR count). The van der Waals surface area contributed by atoms with E-state index in [-0.39, 0.29) is 17.5 Å². The van der Waals surface area contributed by atoms with Gasteiger partial charge in [-0.3, -0.25) is 0 Å². The first-order valence-electron chi connectivity index (χ1n) is 6.61. The van der Waals surface area contributed by atoms with E-state index in [4.69, 9.17) is 9.47 Å². The number of ether oxygens (including phenoxy) is 2. The quantitative estimate of drug-likeness (QED) is 0.665. The van der Waals surface area contributed by atoms with Crippen LogP contribution in [-0.2, 0) is 9.47 Å². The van der Waals surface area contributed by atoms with E-state index in [0.717, 1.165) is 6.42 Å². The first kappa shape index (κ1) is 16.9. The molecule has 17 heavy (non-hydrogen) atoms. The smallest absolute Gasteiger partial charge is 0.161 e. The van der Waals surface area contributed by atoms with Crippen molar-refractivity contribution in [3.05, 3.63) is 6.92 Å². The molecule has 0 aromatic rings. The van der Waals surface area contributed by atoms with Crippen LogP contribution >= 0.6 is 0 Å². The molecular weight excluding hydrogens is 212 g/mol. The molecule has 2 atom stereocenters. The summed E-state index contributed by atoms with van der Waals surface area (Å²) in [4.78, 5) is 0. The van der Waals surface area contributed by atoms with Gasteiger partial charge in [-0.05, 0) is 47.5 Å². The second kappa shape index (κ2) is 6.19. The first-order valence-corrected chi connectivity index (χ1v) is 6.61. The Bertz CT molecular complexity index is 194. The summed E-state index contributed by atoms with van der Waals surface area (Å²) >= 11 is 0. The topological polar surface area (TPSA) is 18.5 Å². The lowest BCUT2D eigenvalue weighted by molar-refractivity contribution is -0.258. The minimum atomic E-state index is -0.189. The van der Waals surface area contributed by atoms with Crippen molar-refractivity contribution in [2.24, 2.45) is 11.8 Å². The van der Waals surface area contributed by atoms with Crippen molar-refractivity contribution in [2.45, 2.75) is 79.3 Å². The summed E-state index contributed by atoms with van der Waals surface area (Å²) in [7, 11) is 0. The van der Waals surface area contributed by atoms with Gasteiger partial charge in [-0.2, -0.15) is 0 Å². The van der Waals surface area contributed by atoms with E-state index < -0.39 is 0 Å². The van der Waals surface area contributed by atoms with E-state index in [1.54, 1.807) is 0 Å². The third kappa shape index (κ3) is 7.77. The van der Waals surface area contributed by atoms with Crippen molar-refractivity contribution in [3.63, 3.8) is 0 Å². The van der Waals surface area contributed by atoms with Crippen LogP contribution in [0.25, 0.3) is 0 Å². The Kier molecular flexibility index (Phi) is 6.16. The molecule has 0 amide bonds. The number of hydrogen-bond donors (Lipinski definition) is 0. The summed E-state index contributed by atoms with van der Waals surface area (Å²) in [5, 5.41) is 0. The molecule has 0 saturated carbocycles. The van der Waals surface area contributed by atoms with Crippen LogP contribution in [0.1, 0.15) is 61.8 Å². The summed E-state index contributed by atoms with van der Waals surface area (Å²) in [6.45, 7) is 20.7. The maximum atomic E-state index is 6.05. The summed E-state index contributed by atoms with van der Waals surface area (Å²) < 4.78 is 12.1. The SMILES string of the molecule is [CH2]CC(C)C(C)C(OC(C)(C)C)OC(C)(C)C. The predicted octanol–water partition coefficient (Wildman–Crippen LogP) is 4.44. The monoisotopic (exact) mass is 243 g/mol. The van der Waals surface area contributed by atoms with Crippen molar-refractivity contribution in [3.8, 4) is 0 Å². The second-order valence-electron chi connectivity index (χ2n) is 6.95. The Morgan fingerprint density at radius 2 is 1.24 bits per heavy atom. The van der Waals surface area contributed by atoms with Crippen molar-refractivity contribution in [1.29, 1.82) is 0 Å². The molecule has 0 aliphatic rings. The molecule has 0 aromatic heterocycles. The van der Waals surface area contributed by atoms with Crippen molar-refractivity contribution in [2.75, 3.05) is 0 Å². The van der Waals surface area contributed by atoms with E-state index in [2.05, 4.69) is 62.3 Å². The standard InChI is InChI=1S/C15H31O2/c1-10-11(2)12(3)13(16-14(4,5)6)17-15(7,8)9/h11-13H,1,10H2,2-9H3. The predicted molar refractivity (Wildman–Crippen MR) is 73.8 cm³/mol. The average molecular weight is 243 g/mol. The fourth-order valence-corrected chi connectivity index (χ4v) is 1.47. The van der Waals surface area contributed by atoms with Gasteiger partial charge >= 0.3 is 0 Å². The molecule has 0 bridgehead atoms. The minimum absolute atomic E-state index is 0.174. The van der Waals surface area contributed by atoms with Gasteiger partial charge in [0, 0.05) is 5.92 Å². The van der Waals surface area contributed by atoms with Crippen LogP contribution in [0.3, 0.4) is 0 Å². The molecule has 2 unspecified atom stereocenters. The van der Waals surface area contributed by atoms with Gasteiger partial charge in [0.25, 0.3) is 0 Å². The molecule has 0 aliphatic carbocycles. The van der Waals surface area contributed by atoms with Gasteiger partial charge in [0.1, 0.15) is 0 Å². The Balaban J connectivity index is 4.73. The molecule has 0 N–H and O–H groups in total. The van der Waals surface area contributed by atoms with Gasteiger partial charge < -0.3 is 9.47 Å². The molecule has 0 aliphatic heterocycles. The summed E-state index contributed by atoms with van der Waals surface area (Å²) in [6.07, 6.45) is 0.727. The van der Waals surface area contributed by atoms with Crippen molar-refractivity contribution >= 4 is 0 Å². The first-order chi connectivity index (χ1) is 7.46. The largest absolute Gasteiger partial charge is 0.347 e. The van der Waals surface area contributed by atoms with Crippen LogP contribution in [0.4, 0.5) is 0 Å². The zero-order chi connectivity index (χ0) is 13.9. The lowest BCUT2D eigenvalue weighted by atomic mass is 9.92. The van der Waals surface area contributed by atoms with Crippen LogP contribution in [-0.4, -0.2) is 17.5 Å². The van der Waals surface area contributed by atoms with Crippen LogP contribution in [0.2, 0.25) is 0 Å². The molecular formula is C15H31O2. The second-order valence-corrected chi connectivity index (χ2v) is 6.95. The van der Waals surface area contributed by atoms with Crippen LogP contribution in [0.15, 0.2) is 0 Å². The Labute approximate surface area is 108 Å². The van der Waals surface area contributed by atoms with Gasteiger partial charge in [-0.25, -0.2) is 0 Å². The van der Waals surface area contributed by atoms with Gasteiger partial charge in [0.15, 0.2) is 6.29 Å². The van der Waals surface area contributed by atoms with E-state index >= 15 is 0 Å². The highest BCUT2D eigenvalue weighted by Gasteiger charge is 2.31. The average Bonchev–Trinajstić information content (AvgIpc) is 2.09. The molecule has 0 fully saturated rings. The highest BCUT2D eigenvalue weighted by molar-refractivity contribution is 4.73. The minimum Gasteiger partial charge on any atom is -0.347 e. The summed E-state index contributed by atoms with van der Waals surface area (Å²) in [6, 6.07) is 0. The summed E-state index contributed by atoms with van der Waals surface area (Å²) in [5.41, 5.74) is -0.379. The zero-order valence-electron chi connectivity index (χ0n) is 13.0. The molecule has 0 saturated heterocycles. The Hall–Kier alpha value is -0.0800. The van der Waals surface area contributed by atoms with Crippen LogP contribution in [0, 0.1) is 18.8 Å². The van der Waals surface area contributed by atoms with Crippen molar-refractivity contribution in [1.82, 2.24) is 0 Å². The molecule has 0 spiro atoms. The van der Waals surface area contributed by atoms with Crippen molar-refractivity contribution < 1.29 is 9.47 Å². The molecule has 103 valence electrons. The van der Waals surface area contributed by atoms with E-state index in [1.807, 2.05) is 0 Å². The Morgan fingerprint density at radius 3 is 1.47 bits per heavy atom. The normalized spacial score (nSPS) is 17.3. The maximum Gasteiger partial charge on any atom is 0.161 e. The molecule has 1 radical (unpaired) electrons. The molecule has 2 nitrogen and oxygen atoms in total. The number of rotatable bonds is 5. The lowest BCUT2D eigenvalue weighted by Crippen LogP contribution is -2.40. The van der Waals surface area contributed by atoms with Crippen LogP contribution in [0.5, 0.6) is 0 Å². The third-order valence-electron chi connectivity index (χ3n) is 2.72. The molecule has 0 heterocycles. The van der Waals surface area contributed by atoms with E-state index in [9.17, 15) is 0 Å². The summed E-state index contributed by atoms with van der Waals surface area (Å²) in [5.74, 6) is 0.829. The fourth-order valence-electron chi connectivity index (χ4n) is 1.47. The highest BCUT2D eigenvalue weighted by atomic mass is 16.7. The Morgan fingerprint density at radius 1 is 0.882 bits per heavy atom. The third-order valence-corrected chi connectivity index (χ3v) is 2.72. The van der Waals surface area contributed by atoms with Crippen LogP contribution < -0.4 is 0 Å². The highest BCUT2D eigenvalue weighted by Crippen LogP contribution is 2.28. The van der Waals surface area contributed by atoms with E-state index in [1.165, 1.54) is 0 Å². The fraction of sp³-hybridized carbons (Fsp3) is 0.933. The number of hydrogen-bond acceptors (Lipinski definition) is 2.